The van der Waals surface area contributed by atoms with Gasteiger partial charge in [0.25, 0.3) is 0 Å². The molecule has 0 aliphatic heterocycles. The number of hydrogen-bond donors (Lipinski definition) is 0. The third kappa shape index (κ3) is 20.8. The van der Waals surface area contributed by atoms with Gasteiger partial charge in [0.1, 0.15) is 0 Å². The Morgan fingerprint density at radius 2 is 1.17 bits per heavy atom. The Labute approximate surface area is 166 Å². The molecular formula is C17H35NaO4S. The molecule has 23 heavy (non-hydrogen) atoms. The smallest absolute Gasteiger partial charge is 0.726 e. The van der Waals surface area contributed by atoms with Gasteiger partial charge in [-0.15, -0.1) is 0 Å². The van der Waals surface area contributed by atoms with Crippen LogP contribution in [-0.4, -0.2) is 19.6 Å². The third-order valence-electron chi connectivity index (χ3n) is 4.13. The summed E-state index contributed by atoms with van der Waals surface area (Å²) >= 11 is 0. The quantitative estimate of drug-likeness (QED) is 0.184. The van der Waals surface area contributed by atoms with Crippen molar-refractivity contribution in [1.29, 1.82) is 0 Å². The van der Waals surface area contributed by atoms with E-state index in [0.717, 1.165) is 25.7 Å². The predicted molar refractivity (Wildman–Crippen MR) is 90.5 cm³/mol. The maximum Gasteiger partial charge on any atom is 1.00 e. The van der Waals surface area contributed by atoms with Crippen LogP contribution in [0.3, 0.4) is 0 Å². The molecule has 0 aromatic heterocycles. The SMILES string of the molecule is CCCCCCCCCC(CCCCCC)COS(=O)(=O)[O-].[Na+]. The van der Waals surface area contributed by atoms with E-state index in [4.69, 9.17) is 0 Å². The summed E-state index contributed by atoms with van der Waals surface area (Å²) in [5, 5.41) is 0. The van der Waals surface area contributed by atoms with Crippen LogP contribution in [0.2, 0.25) is 0 Å². The van der Waals surface area contributed by atoms with Gasteiger partial charge in [-0.25, -0.2) is 8.42 Å². The first-order valence-electron chi connectivity index (χ1n) is 9.09. The summed E-state index contributed by atoms with van der Waals surface area (Å²) < 4.78 is 36.3. The van der Waals surface area contributed by atoms with Gasteiger partial charge in [-0.05, 0) is 18.8 Å². The van der Waals surface area contributed by atoms with E-state index < -0.39 is 10.4 Å². The molecule has 0 fully saturated rings. The van der Waals surface area contributed by atoms with Crippen molar-refractivity contribution >= 4 is 10.4 Å². The van der Waals surface area contributed by atoms with Crippen LogP contribution >= 0.6 is 0 Å². The monoisotopic (exact) mass is 358 g/mol. The largest absolute Gasteiger partial charge is 1.00 e. The van der Waals surface area contributed by atoms with Crippen molar-refractivity contribution in [3.05, 3.63) is 0 Å². The van der Waals surface area contributed by atoms with E-state index in [1.807, 2.05) is 0 Å². The molecule has 0 amide bonds. The molecule has 0 spiro atoms. The molecule has 0 rings (SSSR count). The first-order chi connectivity index (χ1) is 10.5. The van der Waals surface area contributed by atoms with Crippen LogP contribution < -0.4 is 29.6 Å². The summed E-state index contributed by atoms with van der Waals surface area (Å²) in [5.74, 6) is 0.205. The summed E-state index contributed by atoms with van der Waals surface area (Å²) in [6.45, 7) is 4.45. The van der Waals surface area contributed by atoms with Gasteiger partial charge in [0, 0.05) is 0 Å². The Balaban J connectivity index is 0. The molecule has 6 heteroatoms. The van der Waals surface area contributed by atoms with E-state index in [1.165, 1.54) is 57.8 Å². The maximum absolute atomic E-state index is 10.6. The molecule has 1 atom stereocenters. The van der Waals surface area contributed by atoms with Crippen LogP contribution in [0.4, 0.5) is 0 Å². The maximum atomic E-state index is 10.6. The molecule has 0 aliphatic carbocycles. The fourth-order valence-electron chi connectivity index (χ4n) is 2.74. The van der Waals surface area contributed by atoms with Crippen molar-refractivity contribution < 1.29 is 46.7 Å². The van der Waals surface area contributed by atoms with E-state index >= 15 is 0 Å². The van der Waals surface area contributed by atoms with E-state index in [-0.39, 0.29) is 42.1 Å². The third-order valence-corrected chi connectivity index (χ3v) is 4.55. The zero-order valence-electron chi connectivity index (χ0n) is 15.5. The average Bonchev–Trinajstić information content (AvgIpc) is 2.46. The van der Waals surface area contributed by atoms with Gasteiger partial charge in [-0.3, -0.25) is 4.18 Å². The van der Waals surface area contributed by atoms with E-state index in [0.29, 0.717) is 0 Å². The molecule has 0 bridgehead atoms. The summed E-state index contributed by atoms with van der Waals surface area (Å²) in [7, 11) is -4.55. The molecule has 0 aromatic carbocycles. The standard InChI is InChI=1S/C17H36O4S.Na/c1-3-5-7-9-10-11-13-15-17(14-12-8-6-4-2)16-21-22(18,19)20;/h17H,3-16H2,1-2H3,(H,18,19,20);/q;+1/p-1. The van der Waals surface area contributed by atoms with Crippen LogP contribution in [0, 0.1) is 5.92 Å². The van der Waals surface area contributed by atoms with Crippen molar-refractivity contribution in [3.8, 4) is 0 Å². The minimum atomic E-state index is -4.55. The minimum Gasteiger partial charge on any atom is -0.726 e. The normalized spacial score (nSPS) is 12.8. The van der Waals surface area contributed by atoms with Gasteiger partial charge in [0.15, 0.2) is 0 Å². The minimum absolute atomic E-state index is 0. The Hall–Kier alpha value is 0.870. The first kappa shape index (κ1) is 26.1. The first-order valence-corrected chi connectivity index (χ1v) is 10.4. The fraction of sp³-hybridized carbons (Fsp3) is 1.00. The zero-order chi connectivity index (χ0) is 16.7. The summed E-state index contributed by atoms with van der Waals surface area (Å²) in [5.41, 5.74) is 0. The molecule has 0 saturated heterocycles. The topological polar surface area (TPSA) is 66.4 Å². The van der Waals surface area contributed by atoms with Crippen molar-refractivity contribution in [1.82, 2.24) is 0 Å². The van der Waals surface area contributed by atoms with Gasteiger partial charge in [-0.1, -0.05) is 84.5 Å². The summed E-state index contributed by atoms with van der Waals surface area (Å²) in [4.78, 5) is 0. The Morgan fingerprint density at radius 1 is 0.783 bits per heavy atom. The molecule has 0 aromatic rings. The van der Waals surface area contributed by atoms with Gasteiger partial charge in [-0.2, -0.15) is 0 Å². The van der Waals surface area contributed by atoms with E-state index in [1.54, 1.807) is 0 Å². The van der Waals surface area contributed by atoms with Crippen molar-refractivity contribution in [2.45, 2.75) is 97.3 Å². The predicted octanol–water partition coefficient (Wildman–Crippen LogP) is 2.19. The van der Waals surface area contributed by atoms with E-state index in [2.05, 4.69) is 18.0 Å². The van der Waals surface area contributed by atoms with Gasteiger partial charge >= 0.3 is 29.6 Å². The van der Waals surface area contributed by atoms with E-state index in [9.17, 15) is 13.0 Å². The van der Waals surface area contributed by atoms with Crippen LogP contribution in [-0.2, 0) is 14.6 Å². The molecular weight excluding hydrogens is 323 g/mol. The van der Waals surface area contributed by atoms with Crippen LogP contribution in [0.5, 0.6) is 0 Å². The molecule has 0 N–H and O–H groups in total. The van der Waals surface area contributed by atoms with Crippen molar-refractivity contribution in [3.63, 3.8) is 0 Å². The Morgan fingerprint density at radius 3 is 1.61 bits per heavy atom. The van der Waals surface area contributed by atoms with Crippen LogP contribution in [0.1, 0.15) is 97.3 Å². The van der Waals surface area contributed by atoms with Gasteiger partial charge in [0.05, 0.1) is 6.61 Å². The van der Waals surface area contributed by atoms with Crippen LogP contribution in [0.25, 0.3) is 0 Å². The second kappa shape index (κ2) is 17.7. The summed E-state index contributed by atoms with van der Waals surface area (Å²) in [6.07, 6.45) is 15.3. The van der Waals surface area contributed by atoms with Crippen molar-refractivity contribution in [2.75, 3.05) is 6.61 Å². The Bertz CT molecular complexity index is 333. The second-order valence-corrected chi connectivity index (χ2v) is 7.37. The molecule has 134 valence electrons. The van der Waals surface area contributed by atoms with Crippen LogP contribution in [0.15, 0.2) is 0 Å². The molecule has 0 radical (unpaired) electrons. The molecule has 0 aliphatic rings. The Kier molecular flexibility index (Phi) is 20.1. The number of hydrogen-bond acceptors (Lipinski definition) is 4. The number of rotatable bonds is 16. The van der Waals surface area contributed by atoms with Crippen molar-refractivity contribution in [2.24, 2.45) is 5.92 Å². The molecule has 0 heterocycles. The zero-order valence-corrected chi connectivity index (χ0v) is 18.3. The fourth-order valence-corrected chi connectivity index (χ4v) is 3.10. The van der Waals surface area contributed by atoms with Gasteiger partial charge in [0.2, 0.25) is 10.4 Å². The molecule has 4 nitrogen and oxygen atoms in total. The second-order valence-electron chi connectivity index (χ2n) is 6.32. The average molecular weight is 359 g/mol. The number of unbranched alkanes of at least 4 members (excludes halogenated alkanes) is 9. The summed E-state index contributed by atoms with van der Waals surface area (Å²) in [6, 6.07) is 0. The van der Waals surface area contributed by atoms with Gasteiger partial charge < -0.3 is 4.55 Å². The molecule has 1 unspecified atom stereocenters. The molecule has 0 saturated carbocycles.